The Balaban J connectivity index is 2.49. The maximum absolute atomic E-state index is 12.4. The fourth-order valence-electron chi connectivity index (χ4n) is 2.54. The Morgan fingerprint density at radius 3 is 2.26 bits per heavy atom. The first-order valence-electron chi connectivity index (χ1n) is 6.37. The number of likely N-dealkylation sites (tertiary alicyclic amines) is 1. The van der Waals surface area contributed by atoms with E-state index in [2.05, 4.69) is 0 Å². The molecular weight excluding hydrogens is 242 g/mol. The molecule has 0 aromatic heterocycles. The molecule has 4 nitrogen and oxygen atoms in total. The number of carbonyl (C=O) groups excluding carboxylic acids is 2. The van der Waals surface area contributed by atoms with E-state index in [4.69, 9.17) is 0 Å². The number of amides is 2. The molecule has 0 bridgehead atoms. The zero-order valence-corrected chi connectivity index (χ0v) is 11.5. The quantitative estimate of drug-likeness (QED) is 0.842. The first kappa shape index (κ1) is 13.7. The second-order valence-electron chi connectivity index (χ2n) is 5.89. The summed E-state index contributed by atoms with van der Waals surface area (Å²) < 4.78 is 0. The van der Waals surface area contributed by atoms with Gasteiger partial charge in [0.1, 0.15) is 0 Å². The van der Waals surface area contributed by atoms with E-state index in [1.54, 1.807) is 20.8 Å². The maximum Gasteiger partial charge on any atom is 0.236 e. The van der Waals surface area contributed by atoms with Crippen LogP contribution < -0.4 is 0 Å². The molecule has 1 aliphatic heterocycles. The summed E-state index contributed by atoms with van der Waals surface area (Å²) in [6.45, 7) is 4.95. The Morgan fingerprint density at radius 2 is 1.84 bits per heavy atom. The van der Waals surface area contributed by atoms with Crippen LogP contribution in [0.4, 0.5) is 0 Å². The van der Waals surface area contributed by atoms with Crippen molar-refractivity contribution in [1.82, 2.24) is 4.90 Å². The van der Waals surface area contributed by atoms with Crippen molar-refractivity contribution in [3.05, 3.63) is 35.9 Å². The van der Waals surface area contributed by atoms with Crippen molar-refractivity contribution in [2.45, 2.75) is 32.7 Å². The van der Waals surface area contributed by atoms with Crippen molar-refractivity contribution in [3.8, 4) is 0 Å². The van der Waals surface area contributed by atoms with Gasteiger partial charge in [-0.05, 0) is 12.5 Å². The second-order valence-corrected chi connectivity index (χ2v) is 5.89. The number of carbonyl (C=O) groups is 2. The molecule has 19 heavy (non-hydrogen) atoms. The van der Waals surface area contributed by atoms with Gasteiger partial charge in [-0.3, -0.25) is 14.5 Å². The molecule has 1 fully saturated rings. The van der Waals surface area contributed by atoms with Crippen LogP contribution in [0.25, 0.3) is 0 Å². The molecule has 102 valence electrons. The smallest absolute Gasteiger partial charge is 0.236 e. The van der Waals surface area contributed by atoms with Crippen LogP contribution in [0.2, 0.25) is 0 Å². The number of imide groups is 1. The van der Waals surface area contributed by atoms with Gasteiger partial charge < -0.3 is 5.11 Å². The lowest BCUT2D eigenvalue weighted by atomic mass is 9.89. The Bertz CT molecular complexity index is 509. The zero-order chi connectivity index (χ0) is 14.3. The van der Waals surface area contributed by atoms with Gasteiger partial charge in [-0.15, -0.1) is 0 Å². The third-order valence-electron chi connectivity index (χ3n) is 3.82. The summed E-state index contributed by atoms with van der Waals surface area (Å²) in [5.74, 6) is -0.451. The standard InChI is InChI=1S/C15H19NO3/c1-14(2)9-12(18)16(13(14)19)15(3,10-17)11-7-5-4-6-8-11/h4-8,17H,9-10H2,1-3H3. The fraction of sp³-hybridized carbons (Fsp3) is 0.467. The van der Waals surface area contributed by atoms with Crippen LogP contribution >= 0.6 is 0 Å². The molecule has 0 radical (unpaired) electrons. The van der Waals surface area contributed by atoms with E-state index in [1.807, 2.05) is 30.3 Å². The Morgan fingerprint density at radius 1 is 1.26 bits per heavy atom. The molecule has 1 saturated heterocycles. The molecule has 1 aromatic carbocycles. The predicted octanol–water partition coefficient (Wildman–Crippen LogP) is 1.68. The van der Waals surface area contributed by atoms with E-state index in [9.17, 15) is 14.7 Å². The topological polar surface area (TPSA) is 57.6 Å². The lowest BCUT2D eigenvalue weighted by Crippen LogP contribution is -2.50. The summed E-state index contributed by atoms with van der Waals surface area (Å²) in [6.07, 6.45) is 0.189. The van der Waals surface area contributed by atoms with E-state index in [0.717, 1.165) is 5.56 Å². The van der Waals surface area contributed by atoms with Crippen molar-refractivity contribution in [2.24, 2.45) is 5.41 Å². The van der Waals surface area contributed by atoms with Crippen LogP contribution in [0, 0.1) is 5.41 Å². The molecule has 1 N–H and O–H groups in total. The number of aliphatic hydroxyl groups excluding tert-OH is 1. The van der Waals surface area contributed by atoms with Gasteiger partial charge in [-0.25, -0.2) is 0 Å². The van der Waals surface area contributed by atoms with Crippen LogP contribution in [0.5, 0.6) is 0 Å². The average molecular weight is 261 g/mol. The van der Waals surface area contributed by atoms with Crippen LogP contribution in [-0.2, 0) is 15.1 Å². The molecule has 0 saturated carbocycles. The lowest BCUT2D eigenvalue weighted by Gasteiger charge is -2.37. The number of nitrogens with zero attached hydrogens (tertiary/aromatic N) is 1. The summed E-state index contributed by atoms with van der Waals surface area (Å²) in [6, 6.07) is 9.17. The summed E-state index contributed by atoms with van der Waals surface area (Å²) >= 11 is 0. The number of rotatable bonds is 3. The van der Waals surface area contributed by atoms with Gasteiger partial charge in [0.05, 0.1) is 17.6 Å². The van der Waals surface area contributed by atoms with Crippen molar-refractivity contribution < 1.29 is 14.7 Å². The van der Waals surface area contributed by atoms with E-state index >= 15 is 0 Å². The first-order valence-corrected chi connectivity index (χ1v) is 6.37. The molecule has 1 aromatic rings. The van der Waals surface area contributed by atoms with Gasteiger partial charge in [0, 0.05) is 6.42 Å². The monoisotopic (exact) mass is 261 g/mol. The molecule has 1 atom stereocenters. The second kappa shape index (κ2) is 4.46. The van der Waals surface area contributed by atoms with Gasteiger partial charge in [0.25, 0.3) is 0 Å². The van der Waals surface area contributed by atoms with Crippen molar-refractivity contribution >= 4 is 11.8 Å². The van der Waals surface area contributed by atoms with E-state index in [-0.39, 0.29) is 24.8 Å². The molecule has 2 rings (SSSR count). The van der Waals surface area contributed by atoms with Crippen LogP contribution in [0.15, 0.2) is 30.3 Å². The highest BCUT2D eigenvalue weighted by Gasteiger charge is 2.52. The highest BCUT2D eigenvalue weighted by Crippen LogP contribution is 2.40. The molecule has 2 amide bonds. The third-order valence-corrected chi connectivity index (χ3v) is 3.82. The molecular formula is C15H19NO3. The maximum atomic E-state index is 12.4. The minimum absolute atomic E-state index is 0.189. The van der Waals surface area contributed by atoms with Gasteiger partial charge in [0.15, 0.2) is 0 Å². The minimum atomic E-state index is -0.997. The van der Waals surface area contributed by atoms with E-state index in [1.165, 1.54) is 4.90 Å². The number of benzene rings is 1. The summed E-state index contributed by atoms with van der Waals surface area (Å²) in [4.78, 5) is 25.8. The van der Waals surface area contributed by atoms with Gasteiger partial charge in [-0.2, -0.15) is 0 Å². The Labute approximate surface area is 113 Å². The van der Waals surface area contributed by atoms with Crippen molar-refractivity contribution in [3.63, 3.8) is 0 Å². The van der Waals surface area contributed by atoms with Crippen LogP contribution in [-0.4, -0.2) is 28.4 Å². The molecule has 0 aliphatic carbocycles. The molecule has 4 heteroatoms. The molecule has 0 spiro atoms. The largest absolute Gasteiger partial charge is 0.394 e. The third kappa shape index (κ3) is 2.06. The van der Waals surface area contributed by atoms with Gasteiger partial charge >= 0.3 is 0 Å². The highest BCUT2D eigenvalue weighted by atomic mass is 16.3. The van der Waals surface area contributed by atoms with Crippen LogP contribution in [0.3, 0.4) is 0 Å². The SMILES string of the molecule is CC1(C)CC(=O)N(C(C)(CO)c2ccccc2)C1=O. The molecule has 1 aliphatic rings. The van der Waals surface area contributed by atoms with E-state index < -0.39 is 11.0 Å². The van der Waals surface area contributed by atoms with Crippen molar-refractivity contribution in [2.75, 3.05) is 6.61 Å². The highest BCUT2D eigenvalue weighted by molar-refractivity contribution is 6.06. The van der Waals surface area contributed by atoms with Crippen LogP contribution in [0.1, 0.15) is 32.8 Å². The number of hydrogen-bond donors (Lipinski definition) is 1. The Kier molecular flexibility index (Phi) is 3.22. The van der Waals surface area contributed by atoms with Crippen molar-refractivity contribution in [1.29, 1.82) is 0 Å². The summed E-state index contributed by atoms with van der Waals surface area (Å²) in [5.41, 5.74) is -0.928. The fourth-order valence-corrected chi connectivity index (χ4v) is 2.54. The van der Waals surface area contributed by atoms with Gasteiger partial charge in [0.2, 0.25) is 11.8 Å². The number of hydrogen-bond acceptors (Lipinski definition) is 3. The van der Waals surface area contributed by atoms with Gasteiger partial charge in [-0.1, -0.05) is 44.2 Å². The number of aliphatic hydroxyl groups is 1. The minimum Gasteiger partial charge on any atom is -0.394 e. The summed E-state index contributed by atoms with van der Waals surface area (Å²) in [5, 5.41) is 9.76. The zero-order valence-electron chi connectivity index (χ0n) is 11.5. The first-order chi connectivity index (χ1) is 8.83. The molecule has 1 heterocycles. The van der Waals surface area contributed by atoms with E-state index in [0.29, 0.717) is 0 Å². The molecule has 1 unspecified atom stereocenters. The summed E-state index contributed by atoms with van der Waals surface area (Å²) in [7, 11) is 0. The predicted molar refractivity (Wildman–Crippen MR) is 71.1 cm³/mol. The lowest BCUT2D eigenvalue weighted by molar-refractivity contribution is -0.150. The Hall–Kier alpha value is -1.68. The average Bonchev–Trinajstić information content (AvgIpc) is 2.59. The normalized spacial score (nSPS) is 21.6.